The zero-order chi connectivity index (χ0) is 17.0. The quantitative estimate of drug-likeness (QED) is 0.229. The van der Waals surface area contributed by atoms with Crippen LogP contribution in [0.25, 0.3) is 0 Å². The molecule has 2 rings (SSSR count). The van der Waals surface area contributed by atoms with E-state index in [0.717, 1.165) is 31.1 Å². The second-order valence-electron chi connectivity index (χ2n) is 6.30. The molecule has 0 spiro atoms. The number of nitrogens with one attached hydrogen (secondary N) is 2. The van der Waals surface area contributed by atoms with Crippen molar-refractivity contribution in [3.8, 4) is 0 Å². The van der Waals surface area contributed by atoms with E-state index in [-0.39, 0.29) is 36.5 Å². The van der Waals surface area contributed by atoms with Gasteiger partial charge in [-0.15, -0.1) is 24.0 Å². The van der Waals surface area contributed by atoms with Crippen LogP contribution in [0.1, 0.15) is 43.6 Å². The Morgan fingerprint density at radius 3 is 2.60 bits per heavy atom. The SMILES string of the molecule is CN=C(NCCCOC1CCCC1)NCC(CO)c1ccccc1.I. The van der Waals surface area contributed by atoms with Crippen molar-refractivity contribution in [2.45, 2.75) is 44.1 Å². The van der Waals surface area contributed by atoms with Crippen LogP contribution in [0.3, 0.4) is 0 Å². The van der Waals surface area contributed by atoms with E-state index in [2.05, 4.69) is 15.6 Å². The second-order valence-corrected chi connectivity index (χ2v) is 6.30. The molecule has 1 atom stereocenters. The van der Waals surface area contributed by atoms with Gasteiger partial charge in [0.25, 0.3) is 0 Å². The lowest BCUT2D eigenvalue weighted by molar-refractivity contribution is 0.0574. The minimum Gasteiger partial charge on any atom is -0.396 e. The zero-order valence-corrected chi connectivity index (χ0v) is 17.4. The third-order valence-electron chi connectivity index (χ3n) is 4.50. The Labute approximate surface area is 168 Å². The van der Waals surface area contributed by atoms with E-state index in [1.807, 2.05) is 30.3 Å². The van der Waals surface area contributed by atoms with Gasteiger partial charge in [0.15, 0.2) is 5.96 Å². The number of benzene rings is 1. The fraction of sp³-hybridized carbons (Fsp3) is 0.632. The van der Waals surface area contributed by atoms with Gasteiger partial charge in [-0.3, -0.25) is 4.99 Å². The van der Waals surface area contributed by atoms with Crippen LogP contribution in [0.5, 0.6) is 0 Å². The van der Waals surface area contributed by atoms with Crippen molar-refractivity contribution in [2.24, 2.45) is 4.99 Å². The smallest absolute Gasteiger partial charge is 0.191 e. The first-order chi connectivity index (χ1) is 11.8. The minimum atomic E-state index is 0. The lowest BCUT2D eigenvalue weighted by Crippen LogP contribution is -2.40. The molecule has 1 aromatic rings. The molecule has 5 nitrogen and oxygen atoms in total. The van der Waals surface area contributed by atoms with Crippen LogP contribution in [0.15, 0.2) is 35.3 Å². The van der Waals surface area contributed by atoms with Crippen LogP contribution in [0.4, 0.5) is 0 Å². The van der Waals surface area contributed by atoms with Crippen molar-refractivity contribution in [3.63, 3.8) is 0 Å². The number of aliphatic hydroxyl groups is 1. The number of guanidine groups is 1. The van der Waals surface area contributed by atoms with Gasteiger partial charge >= 0.3 is 0 Å². The van der Waals surface area contributed by atoms with Crippen LogP contribution in [0, 0.1) is 0 Å². The van der Waals surface area contributed by atoms with Crippen molar-refractivity contribution < 1.29 is 9.84 Å². The summed E-state index contributed by atoms with van der Waals surface area (Å²) in [5, 5.41) is 16.2. The average molecular weight is 461 g/mol. The molecule has 1 unspecified atom stereocenters. The van der Waals surface area contributed by atoms with E-state index >= 15 is 0 Å². The van der Waals surface area contributed by atoms with Gasteiger partial charge in [-0.1, -0.05) is 43.2 Å². The Hall–Kier alpha value is -0.860. The molecular weight excluding hydrogens is 429 g/mol. The molecule has 1 aromatic carbocycles. The van der Waals surface area contributed by atoms with E-state index in [9.17, 15) is 5.11 Å². The van der Waals surface area contributed by atoms with Crippen molar-refractivity contribution in [1.82, 2.24) is 10.6 Å². The highest BCUT2D eigenvalue weighted by molar-refractivity contribution is 14.0. The summed E-state index contributed by atoms with van der Waals surface area (Å²) in [6.07, 6.45) is 6.52. The summed E-state index contributed by atoms with van der Waals surface area (Å²) in [6.45, 7) is 2.40. The summed E-state index contributed by atoms with van der Waals surface area (Å²) >= 11 is 0. The molecule has 0 saturated heterocycles. The molecule has 0 radical (unpaired) electrons. The molecule has 1 aliphatic carbocycles. The van der Waals surface area contributed by atoms with Gasteiger partial charge < -0.3 is 20.5 Å². The van der Waals surface area contributed by atoms with E-state index in [4.69, 9.17) is 4.74 Å². The van der Waals surface area contributed by atoms with Gasteiger partial charge in [-0.2, -0.15) is 0 Å². The first-order valence-electron chi connectivity index (χ1n) is 9.05. The highest BCUT2D eigenvalue weighted by Crippen LogP contribution is 2.20. The van der Waals surface area contributed by atoms with Gasteiger partial charge in [-0.25, -0.2) is 0 Å². The molecular formula is C19H32IN3O2. The third-order valence-corrected chi connectivity index (χ3v) is 4.50. The molecule has 6 heteroatoms. The van der Waals surface area contributed by atoms with Crippen molar-refractivity contribution >= 4 is 29.9 Å². The van der Waals surface area contributed by atoms with Crippen molar-refractivity contribution in [3.05, 3.63) is 35.9 Å². The van der Waals surface area contributed by atoms with Gasteiger partial charge in [0.05, 0.1) is 12.7 Å². The monoisotopic (exact) mass is 461 g/mol. The topological polar surface area (TPSA) is 65.9 Å². The maximum Gasteiger partial charge on any atom is 0.191 e. The number of nitrogens with zero attached hydrogens (tertiary/aromatic N) is 1. The molecule has 1 saturated carbocycles. The fourth-order valence-corrected chi connectivity index (χ4v) is 3.04. The van der Waals surface area contributed by atoms with Gasteiger partial charge in [-0.05, 0) is 24.8 Å². The van der Waals surface area contributed by atoms with E-state index in [1.54, 1.807) is 7.05 Å². The van der Waals surface area contributed by atoms with E-state index < -0.39 is 0 Å². The Balaban J connectivity index is 0.00000312. The van der Waals surface area contributed by atoms with Crippen LogP contribution in [-0.2, 0) is 4.74 Å². The standard InChI is InChI=1S/C19H31N3O2.HI/c1-20-19(21-12-7-13-24-18-10-5-6-11-18)22-14-17(15-23)16-8-3-2-4-9-16;/h2-4,8-9,17-18,23H,5-7,10-15H2,1H3,(H2,20,21,22);1H. The number of rotatable bonds is 9. The van der Waals surface area contributed by atoms with Gasteiger partial charge in [0, 0.05) is 32.7 Å². The largest absolute Gasteiger partial charge is 0.396 e. The molecule has 1 fully saturated rings. The van der Waals surface area contributed by atoms with Gasteiger partial charge in [0.1, 0.15) is 0 Å². The second kappa shape index (κ2) is 13.4. The highest BCUT2D eigenvalue weighted by atomic mass is 127. The van der Waals surface area contributed by atoms with Crippen LogP contribution < -0.4 is 10.6 Å². The number of aliphatic hydroxyl groups excluding tert-OH is 1. The molecule has 0 amide bonds. The fourth-order valence-electron chi connectivity index (χ4n) is 3.04. The predicted molar refractivity (Wildman–Crippen MR) is 114 cm³/mol. The van der Waals surface area contributed by atoms with Crippen LogP contribution in [0.2, 0.25) is 0 Å². The first-order valence-corrected chi connectivity index (χ1v) is 9.05. The van der Waals surface area contributed by atoms with Crippen molar-refractivity contribution in [2.75, 3.05) is 33.4 Å². The molecule has 25 heavy (non-hydrogen) atoms. The number of halogens is 1. The molecule has 0 bridgehead atoms. The van der Waals surface area contributed by atoms with Gasteiger partial charge in [0.2, 0.25) is 0 Å². The summed E-state index contributed by atoms with van der Waals surface area (Å²) in [5.41, 5.74) is 1.13. The molecule has 0 aliphatic heterocycles. The summed E-state index contributed by atoms with van der Waals surface area (Å²) < 4.78 is 5.86. The molecule has 0 heterocycles. The Morgan fingerprint density at radius 2 is 1.96 bits per heavy atom. The number of aliphatic imine (C=N–C) groups is 1. The minimum absolute atomic E-state index is 0. The van der Waals surface area contributed by atoms with Crippen molar-refractivity contribution in [1.29, 1.82) is 0 Å². The summed E-state index contributed by atoms with van der Waals surface area (Å²) in [7, 11) is 1.76. The van der Waals surface area contributed by atoms with Crippen LogP contribution >= 0.6 is 24.0 Å². The Kier molecular flexibility index (Phi) is 11.9. The zero-order valence-electron chi connectivity index (χ0n) is 15.1. The number of ether oxygens (including phenoxy) is 1. The normalized spacial score (nSPS) is 16.3. The molecule has 142 valence electrons. The van der Waals surface area contributed by atoms with Crippen LogP contribution in [-0.4, -0.2) is 50.5 Å². The Morgan fingerprint density at radius 1 is 1.24 bits per heavy atom. The summed E-state index contributed by atoms with van der Waals surface area (Å²) in [4.78, 5) is 4.24. The molecule has 0 aromatic heterocycles. The average Bonchev–Trinajstić information content (AvgIpc) is 3.14. The lowest BCUT2D eigenvalue weighted by atomic mass is 10.0. The predicted octanol–water partition coefficient (Wildman–Crippen LogP) is 2.89. The first kappa shape index (κ1) is 22.2. The maximum absolute atomic E-state index is 9.60. The maximum atomic E-state index is 9.60. The number of hydrogen-bond acceptors (Lipinski definition) is 3. The highest BCUT2D eigenvalue weighted by Gasteiger charge is 2.14. The van der Waals surface area contributed by atoms with E-state index in [1.165, 1.54) is 25.7 Å². The third kappa shape index (κ3) is 8.37. The molecule has 3 N–H and O–H groups in total. The van der Waals surface area contributed by atoms with E-state index in [0.29, 0.717) is 12.6 Å². The summed E-state index contributed by atoms with van der Waals surface area (Å²) in [6, 6.07) is 10.1. The number of hydrogen-bond donors (Lipinski definition) is 3. The Bertz CT molecular complexity index is 479. The lowest BCUT2D eigenvalue weighted by Gasteiger charge is -2.18. The molecule has 1 aliphatic rings. The summed E-state index contributed by atoms with van der Waals surface area (Å²) in [5.74, 6) is 0.834.